The van der Waals surface area contributed by atoms with Gasteiger partial charge in [-0.2, -0.15) is 0 Å². The van der Waals surface area contributed by atoms with Gasteiger partial charge in [-0.1, -0.05) is 35.2 Å². The van der Waals surface area contributed by atoms with E-state index in [-0.39, 0.29) is 5.91 Å². The number of aryl methyl sites for hydroxylation is 1. The van der Waals surface area contributed by atoms with E-state index in [0.717, 1.165) is 22.4 Å². The number of nitrogens with two attached hydrogens (primary N) is 1. The van der Waals surface area contributed by atoms with Crippen LogP contribution < -0.4 is 15.8 Å². The van der Waals surface area contributed by atoms with E-state index in [9.17, 15) is 4.79 Å². The Kier molecular flexibility index (Phi) is 5.85. The Bertz CT molecular complexity index is 1170. The minimum atomic E-state index is -0.209. The maximum Gasteiger partial charge on any atom is 0.266 e. The SMILES string of the molecule is Cc1ncccc1Oc1sc(C(=O)Nc2ccc(Cl)cc2)c2c1C(=S)C(=CN)CC2. The van der Waals surface area contributed by atoms with Crippen LogP contribution in [0.3, 0.4) is 0 Å². The molecule has 0 fully saturated rings. The molecule has 0 spiro atoms. The number of pyridine rings is 1. The first-order chi connectivity index (χ1) is 14.5. The van der Waals surface area contributed by atoms with Crippen LogP contribution in [0.25, 0.3) is 0 Å². The molecule has 152 valence electrons. The average Bonchev–Trinajstić information content (AvgIpc) is 3.11. The van der Waals surface area contributed by atoms with Gasteiger partial charge in [-0.15, -0.1) is 0 Å². The number of thiocarbonyl (C=S) groups is 1. The lowest BCUT2D eigenvalue weighted by atomic mass is 9.89. The second-order valence-electron chi connectivity index (χ2n) is 6.74. The van der Waals surface area contributed by atoms with Gasteiger partial charge < -0.3 is 15.8 Å². The van der Waals surface area contributed by atoms with Gasteiger partial charge in [-0.05, 0) is 73.5 Å². The summed E-state index contributed by atoms with van der Waals surface area (Å²) in [6.07, 6.45) is 4.59. The number of aromatic nitrogens is 1. The number of hydrogen-bond donors (Lipinski definition) is 2. The first-order valence-corrected chi connectivity index (χ1v) is 10.9. The number of allylic oxidation sites excluding steroid dienone is 1. The third-order valence-electron chi connectivity index (χ3n) is 4.81. The lowest BCUT2D eigenvalue weighted by molar-refractivity contribution is 0.102. The van der Waals surface area contributed by atoms with Crippen LogP contribution in [-0.4, -0.2) is 15.8 Å². The molecule has 3 aromatic rings. The molecule has 8 heteroatoms. The predicted molar refractivity (Wildman–Crippen MR) is 125 cm³/mol. The number of anilines is 1. The standard InChI is InChI=1S/C22H18ClN3O2S2/c1-12-17(3-2-10-25-12)28-22-18-16(9-4-13(11-24)19(18)29)20(30-22)21(27)26-15-7-5-14(23)6-8-15/h2-3,5-8,10-11H,4,9,24H2,1H3,(H,26,27). The molecule has 30 heavy (non-hydrogen) atoms. The van der Waals surface area contributed by atoms with Crippen LogP contribution in [0.4, 0.5) is 5.69 Å². The van der Waals surface area contributed by atoms with Crippen LogP contribution in [0.2, 0.25) is 5.02 Å². The topological polar surface area (TPSA) is 77.2 Å². The van der Waals surface area contributed by atoms with Crippen molar-refractivity contribution in [3.8, 4) is 10.8 Å². The zero-order chi connectivity index (χ0) is 21.3. The molecule has 2 aromatic heterocycles. The van der Waals surface area contributed by atoms with Crippen LogP contribution in [0.15, 0.2) is 54.4 Å². The Labute approximate surface area is 188 Å². The molecule has 0 aliphatic heterocycles. The lowest BCUT2D eigenvalue weighted by Gasteiger charge is -2.18. The van der Waals surface area contributed by atoms with Crippen molar-refractivity contribution in [2.24, 2.45) is 5.73 Å². The highest BCUT2D eigenvalue weighted by atomic mass is 35.5. The highest BCUT2D eigenvalue weighted by molar-refractivity contribution is 7.81. The van der Waals surface area contributed by atoms with Gasteiger partial charge in [0.25, 0.3) is 5.91 Å². The van der Waals surface area contributed by atoms with E-state index in [1.165, 1.54) is 17.5 Å². The smallest absolute Gasteiger partial charge is 0.266 e. The Morgan fingerprint density at radius 2 is 2.07 bits per heavy atom. The highest BCUT2D eigenvalue weighted by Gasteiger charge is 2.31. The number of nitrogens with one attached hydrogen (secondary N) is 1. The van der Waals surface area contributed by atoms with E-state index in [1.54, 1.807) is 36.5 Å². The third kappa shape index (κ3) is 3.96. The fourth-order valence-corrected chi connectivity index (χ4v) is 4.95. The Balaban J connectivity index is 1.74. The number of benzene rings is 1. The number of thiophene rings is 1. The van der Waals surface area contributed by atoms with Crippen molar-refractivity contribution in [3.63, 3.8) is 0 Å². The summed E-state index contributed by atoms with van der Waals surface area (Å²) in [5.74, 6) is 0.414. The first kappa shape index (κ1) is 20.5. The molecule has 0 radical (unpaired) electrons. The largest absolute Gasteiger partial charge is 0.444 e. The zero-order valence-corrected chi connectivity index (χ0v) is 18.5. The molecule has 2 heterocycles. The molecule has 1 aliphatic carbocycles. The van der Waals surface area contributed by atoms with Crippen LogP contribution in [0.5, 0.6) is 10.8 Å². The van der Waals surface area contributed by atoms with Crippen molar-refractivity contribution < 1.29 is 9.53 Å². The Hall–Kier alpha value is -2.74. The number of ether oxygens (including phenoxy) is 1. The molecule has 0 saturated carbocycles. The summed E-state index contributed by atoms with van der Waals surface area (Å²) >= 11 is 12.9. The summed E-state index contributed by atoms with van der Waals surface area (Å²) in [5.41, 5.74) is 9.73. The molecular weight excluding hydrogens is 438 g/mol. The van der Waals surface area contributed by atoms with Crippen LogP contribution in [0, 0.1) is 6.92 Å². The van der Waals surface area contributed by atoms with E-state index in [2.05, 4.69) is 10.3 Å². The molecule has 0 atom stereocenters. The van der Waals surface area contributed by atoms with Gasteiger partial charge >= 0.3 is 0 Å². The normalized spacial score (nSPS) is 14.5. The summed E-state index contributed by atoms with van der Waals surface area (Å²) in [4.78, 5) is 18.5. The maximum absolute atomic E-state index is 13.1. The molecule has 0 saturated heterocycles. The predicted octanol–water partition coefficient (Wildman–Crippen LogP) is 5.66. The number of amides is 1. The number of fused-ring (bicyclic) bond motifs is 1. The van der Waals surface area contributed by atoms with Crippen molar-refractivity contribution in [2.75, 3.05) is 5.32 Å². The molecule has 1 amide bonds. The fourth-order valence-electron chi connectivity index (χ4n) is 3.26. The van der Waals surface area contributed by atoms with Crippen molar-refractivity contribution in [3.05, 3.63) is 81.1 Å². The zero-order valence-electron chi connectivity index (χ0n) is 16.1. The van der Waals surface area contributed by atoms with Gasteiger partial charge in [-0.3, -0.25) is 9.78 Å². The maximum atomic E-state index is 13.1. The van der Waals surface area contributed by atoms with Gasteiger partial charge in [0, 0.05) is 16.9 Å². The lowest BCUT2D eigenvalue weighted by Crippen LogP contribution is -2.17. The summed E-state index contributed by atoms with van der Waals surface area (Å²) < 4.78 is 6.17. The van der Waals surface area contributed by atoms with Gasteiger partial charge in [0.1, 0.15) is 5.75 Å². The molecular formula is C22H18ClN3O2S2. The minimum Gasteiger partial charge on any atom is -0.444 e. The summed E-state index contributed by atoms with van der Waals surface area (Å²) in [5, 5.41) is 4.11. The van der Waals surface area contributed by atoms with E-state index in [1.807, 2.05) is 13.0 Å². The van der Waals surface area contributed by atoms with E-state index >= 15 is 0 Å². The van der Waals surface area contributed by atoms with Crippen LogP contribution in [0.1, 0.15) is 32.9 Å². The van der Waals surface area contributed by atoms with Crippen molar-refractivity contribution in [1.29, 1.82) is 0 Å². The van der Waals surface area contributed by atoms with E-state index < -0.39 is 0 Å². The van der Waals surface area contributed by atoms with Gasteiger partial charge in [0.2, 0.25) is 0 Å². The van der Waals surface area contributed by atoms with E-state index in [4.69, 9.17) is 34.3 Å². The summed E-state index contributed by atoms with van der Waals surface area (Å²) in [7, 11) is 0. The number of carbonyl (C=O) groups is 1. The first-order valence-electron chi connectivity index (χ1n) is 9.25. The molecule has 0 unspecified atom stereocenters. The summed E-state index contributed by atoms with van der Waals surface area (Å²) in [6.45, 7) is 1.87. The molecule has 3 N–H and O–H groups in total. The van der Waals surface area contributed by atoms with Crippen LogP contribution >= 0.6 is 35.2 Å². The average molecular weight is 456 g/mol. The molecule has 1 aliphatic rings. The fraction of sp³-hybridized carbons (Fsp3) is 0.136. The molecule has 1 aromatic carbocycles. The minimum absolute atomic E-state index is 0.209. The Morgan fingerprint density at radius 3 is 2.77 bits per heavy atom. The quantitative estimate of drug-likeness (QED) is 0.392. The number of rotatable bonds is 4. The van der Waals surface area contributed by atoms with Crippen molar-refractivity contribution in [1.82, 2.24) is 4.98 Å². The van der Waals surface area contributed by atoms with Gasteiger partial charge in [-0.25, -0.2) is 0 Å². The van der Waals surface area contributed by atoms with Crippen LogP contribution in [-0.2, 0) is 6.42 Å². The van der Waals surface area contributed by atoms with Crippen molar-refractivity contribution >= 4 is 51.6 Å². The Morgan fingerprint density at radius 1 is 1.30 bits per heavy atom. The molecule has 5 nitrogen and oxygen atoms in total. The number of carbonyl (C=O) groups excluding carboxylic acids is 1. The number of nitrogens with zero attached hydrogens (tertiary/aromatic N) is 1. The number of hydrogen-bond acceptors (Lipinski definition) is 6. The van der Waals surface area contributed by atoms with Crippen molar-refractivity contribution in [2.45, 2.75) is 19.8 Å². The molecule has 0 bridgehead atoms. The second-order valence-corrected chi connectivity index (χ2v) is 8.57. The van der Waals surface area contributed by atoms with Gasteiger partial charge in [0.05, 0.1) is 21.0 Å². The molecule has 4 rings (SSSR count). The highest BCUT2D eigenvalue weighted by Crippen LogP contribution is 2.44. The summed E-state index contributed by atoms with van der Waals surface area (Å²) in [6, 6.07) is 10.6. The number of halogens is 1. The monoisotopic (exact) mass is 455 g/mol. The third-order valence-corrected chi connectivity index (χ3v) is 6.64. The van der Waals surface area contributed by atoms with E-state index in [0.29, 0.717) is 44.1 Å². The second kappa shape index (κ2) is 8.55. The van der Waals surface area contributed by atoms with Gasteiger partial charge in [0.15, 0.2) is 5.06 Å².